The normalized spacial score (nSPS) is 17.9. The molecule has 5 rings (SSSR count). The van der Waals surface area contributed by atoms with Crippen molar-refractivity contribution in [1.82, 2.24) is 25.2 Å². The van der Waals surface area contributed by atoms with Crippen LogP contribution in [0.2, 0.25) is 0 Å². The van der Waals surface area contributed by atoms with E-state index >= 15 is 0 Å². The Morgan fingerprint density at radius 1 is 1.00 bits per heavy atom. The summed E-state index contributed by atoms with van der Waals surface area (Å²) in [7, 11) is 0. The van der Waals surface area contributed by atoms with Gasteiger partial charge in [0.05, 0.1) is 18.8 Å². The van der Waals surface area contributed by atoms with Gasteiger partial charge in [0.2, 0.25) is 0 Å². The second kappa shape index (κ2) is 9.30. The van der Waals surface area contributed by atoms with E-state index in [1.807, 2.05) is 0 Å². The standard InChI is InChI=1S/C23H23F3N6O4/c24-23(25,26)36-17-4-2-16(3-5-17)27-21(34)32-11-12-35-22(14-32)7-9-31(10-8-22)20(33)15-1-6-18-19(13-15)29-30-28-18/h1-6,13H,7-12,14H2,(H,27,34)(H,28,29,30). The Hall–Kier alpha value is -3.87. The Balaban J connectivity index is 1.17. The molecule has 2 N–H and O–H groups in total. The van der Waals surface area contributed by atoms with Gasteiger partial charge in [-0.3, -0.25) is 4.79 Å². The molecule has 1 aromatic heterocycles. The van der Waals surface area contributed by atoms with E-state index in [4.69, 9.17) is 4.74 Å². The van der Waals surface area contributed by atoms with Crippen molar-refractivity contribution in [3.05, 3.63) is 48.0 Å². The maximum atomic E-state index is 13.0. The molecule has 0 radical (unpaired) electrons. The van der Waals surface area contributed by atoms with Crippen LogP contribution in [0.25, 0.3) is 11.0 Å². The molecule has 2 saturated heterocycles. The maximum Gasteiger partial charge on any atom is 0.573 e. The smallest absolute Gasteiger partial charge is 0.406 e. The highest BCUT2D eigenvalue weighted by atomic mass is 19.4. The van der Waals surface area contributed by atoms with Gasteiger partial charge in [0.15, 0.2) is 0 Å². The summed E-state index contributed by atoms with van der Waals surface area (Å²) < 4.78 is 46.9. The molecule has 2 fully saturated rings. The van der Waals surface area contributed by atoms with Gasteiger partial charge >= 0.3 is 12.4 Å². The van der Waals surface area contributed by atoms with E-state index < -0.39 is 12.0 Å². The molecule has 0 aliphatic carbocycles. The van der Waals surface area contributed by atoms with E-state index in [9.17, 15) is 22.8 Å². The summed E-state index contributed by atoms with van der Waals surface area (Å²) in [5, 5.41) is 13.3. The van der Waals surface area contributed by atoms with Crippen molar-refractivity contribution < 1.29 is 32.2 Å². The number of anilines is 1. The van der Waals surface area contributed by atoms with Gasteiger partial charge in [0.1, 0.15) is 16.8 Å². The van der Waals surface area contributed by atoms with E-state index in [-0.39, 0.29) is 17.7 Å². The van der Waals surface area contributed by atoms with E-state index in [2.05, 4.69) is 25.5 Å². The third-order valence-corrected chi connectivity index (χ3v) is 6.40. The van der Waals surface area contributed by atoms with Crippen molar-refractivity contribution in [3.8, 4) is 5.75 Å². The van der Waals surface area contributed by atoms with Crippen LogP contribution < -0.4 is 10.1 Å². The molecule has 3 aromatic rings. The zero-order valence-corrected chi connectivity index (χ0v) is 19.0. The van der Waals surface area contributed by atoms with Gasteiger partial charge in [-0.15, -0.1) is 13.2 Å². The molecule has 36 heavy (non-hydrogen) atoms. The lowest BCUT2D eigenvalue weighted by Gasteiger charge is -2.47. The fourth-order valence-electron chi connectivity index (χ4n) is 4.54. The summed E-state index contributed by atoms with van der Waals surface area (Å²) in [6.45, 7) is 2.03. The molecule has 3 amide bonds. The molecule has 2 aromatic carbocycles. The van der Waals surface area contributed by atoms with Crippen LogP contribution in [0, 0.1) is 0 Å². The topological polar surface area (TPSA) is 113 Å². The van der Waals surface area contributed by atoms with E-state index in [1.165, 1.54) is 12.1 Å². The third kappa shape index (κ3) is 5.20. The molecule has 0 unspecified atom stereocenters. The number of nitrogens with one attached hydrogen (secondary N) is 2. The average Bonchev–Trinajstić information content (AvgIpc) is 3.32. The summed E-state index contributed by atoms with van der Waals surface area (Å²) in [5.74, 6) is -0.466. The molecule has 3 heterocycles. The Kier molecular flexibility index (Phi) is 6.16. The number of halogens is 3. The summed E-state index contributed by atoms with van der Waals surface area (Å²) in [5.41, 5.74) is 1.62. The number of piperidine rings is 1. The predicted molar refractivity (Wildman–Crippen MR) is 121 cm³/mol. The van der Waals surface area contributed by atoms with Crippen molar-refractivity contribution in [3.63, 3.8) is 0 Å². The van der Waals surface area contributed by atoms with Crippen LogP contribution in [0.1, 0.15) is 23.2 Å². The number of morpholine rings is 1. The first-order valence-corrected chi connectivity index (χ1v) is 11.4. The van der Waals surface area contributed by atoms with Crippen molar-refractivity contribution >= 4 is 28.7 Å². The Morgan fingerprint density at radius 3 is 2.44 bits per heavy atom. The Labute approximate surface area is 203 Å². The van der Waals surface area contributed by atoms with Crippen LogP contribution in [-0.4, -0.2) is 81.9 Å². The largest absolute Gasteiger partial charge is 0.573 e. The predicted octanol–water partition coefficient (Wildman–Crippen LogP) is 3.40. The highest BCUT2D eigenvalue weighted by molar-refractivity contribution is 5.97. The number of aromatic nitrogens is 3. The van der Waals surface area contributed by atoms with E-state index in [0.717, 1.165) is 12.1 Å². The number of alkyl halides is 3. The quantitative estimate of drug-likeness (QED) is 0.566. The van der Waals surface area contributed by atoms with E-state index in [1.54, 1.807) is 28.0 Å². The number of nitrogens with zero attached hydrogens (tertiary/aromatic N) is 4. The summed E-state index contributed by atoms with van der Waals surface area (Å²) in [4.78, 5) is 29.2. The number of urea groups is 1. The van der Waals surface area contributed by atoms with Gasteiger partial charge in [0.25, 0.3) is 5.91 Å². The molecule has 10 nitrogen and oxygen atoms in total. The number of fused-ring (bicyclic) bond motifs is 1. The van der Waals surface area contributed by atoms with Crippen LogP contribution in [0.3, 0.4) is 0 Å². The Bertz CT molecular complexity index is 1250. The van der Waals surface area contributed by atoms with Gasteiger partial charge < -0.3 is 24.6 Å². The highest BCUT2D eigenvalue weighted by Gasteiger charge is 2.42. The van der Waals surface area contributed by atoms with Gasteiger partial charge in [0, 0.05) is 30.9 Å². The van der Waals surface area contributed by atoms with Gasteiger partial charge in [-0.05, 0) is 55.3 Å². The molecule has 1 spiro atoms. The maximum absolute atomic E-state index is 13.0. The van der Waals surface area contributed by atoms with Crippen molar-refractivity contribution in [1.29, 1.82) is 0 Å². The summed E-state index contributed by atoms with van der Waals surface area (Å²) >= 11 is 0. The molecule has 0 saturated carbocycles. The zero-order valence-electron chi connectivity index (χ0n) is 19.0. The van der Waals surface area contributed by atoms with E-state index in [0.29, 0.717) is 67.9 Å². The lowest BCUT2D eigenvalue weighted by Crippen LogP contribution is -2.59. The van der Waals surface area contributed by atoms with Crippen molar-refractivity contribution in [2.24, 2.45) is 0 Å². The molecule has 0 atom stereocenters. The first-order valence-electron chi connectivity index (χ1n) is 11.4. The molecule has 2 aliphatic rings. The number of benzene rings is 2. The highest BCUT2D eigenvalue weighted by Crippen LogP contribution is 2.31. The molecule has 2 aliphatic heterocycles. The van der Waals surface area contributed by atoms with Crippen LogP contribution in [0.4, 0.5) is 23.7 Å². The fraction of sp³-hybridized carbons (Fsp3) is 0.391. The van der Waals surface area contributed by atoms with Crippen LogP contribution in [0.5, 0.6) is 5.75 Å². The molecule has 13 heteroatoms. The van der Waals surface area contributed by atoms with Crippen molar-refractivity contribution in [2.75, 3.05) is 38.1 Å². The third-order valence-electron chi connectivity index (χ3n) is 6.40. The first-order chi connectivity index (χ1) is 17.2. The second-order valence-corrected chi connectivity index (χ2v) is 8.77. The number of hydrogen-bond acceptors (Lipinski definition) is 6. The lowest BCUT2D eigenvalue weighted by atomic mass is 9.89. The number of likely N-dealkylation sites (tertiary alicyclic amines) is 1. The number of amides is 3. The van der Waals surface area contributed by atoms with Gasteiger partial charge in [-0.2, -0.15) is 15.4 Å². The van der Waals surface area contributed by atoms with Gasteiger partial charge in [-0.25, -0.2) is 4.79 Å². The average molecular weight is 504 g/mol. The molecular weight excluding hydrogens is 481 g/mol. The number of carbonyl (C=O) groups excluding carboxylic acids is 2. The minimum absolute atomic E-state index is 0.0990. The number of carbonyl (C=O) groups is 2. The minimum Gasteiger partial charge on any atom is -0.406 e. The summed E-state index contributed by atoms with van der Waals surface area (Å²) in [6, 6.07) is 9.76. The van der Waals surface area contributed by atoms with Crippen LogP contribution in [-0.2, 0) is 4.74 Å². The van der Waals surface area contributed by atoms with Crippen LogP contribution >= 0.6 is 0 Å². The SMILES string of the molecule is O=C(Nc1ccc(OC(F)(F)F)cc1)N1CCOC2(CCN(C(=O)c3ccc4n[nH]nc4c3)CC2)C1. The fourth-order valence-corrected chi connectivity index (χ4v) is 4.54. The molecule has 0 bridgehead atoms. The molecular formula is C23H23F3N6O4. The van der Waals surface area contributed by atoms with Gasteiger partial charge in [-0.1, -0.05) is 0 Å². The Morgan fingerprint density at radius 2 is 1.72 bits per heavy atom. The summed E-state index contributed by atoms with van der Waals surface area (Å²) in [6.07, 6.45) is -3.64. The number of H-pyrrole nitrogens is 1. The zero-order chi connectivity index (χ0) is 25.3. The number of ether oxygens (including phenoxy) is 2. The number of rotatable bonds is 3. The number of hydrogen-bond donors (Lipinski definition) is 2. The van der Waals surface area contributed by atoms with Crippen LogP contribution in [0.15, 0.2) is 42.5 Å². The monoisotopic (exact) mass is 504 g/mol. The number of aromatic amines is 1. The van der Waals surface area contributed by atoms with Crippen molar-refractivity contribution in [2.45, 2.75) is 24.8 Å². The lowest BCUT2D eigenvalue weighted by molar-refractivity contribution is -0.274. The first kappa shape index (κ1) is 23.9. The minimum atomic E-state index is -4.78. The second-order valence-electron chi connectivity index (χ2n) is 8.77. The molecule has 190 valence electrons.